The Bertz CT molecular complexity index is 470. The highest BCUT2D eigenvalue weighted by molar-refractivity contribution is 5.91. The minimum Gasteiger partial charge on any atom is -0.493 e. The number of rotatable bonds is 5. The van der Waals surface area contributed by atoms with Crippen LogP contribution in [0.2, 0.25) is 0 Å². The van der Waals surface area contributed by atoms with E-state index in [0.29, 0.717) is 13.0 Å². The number of hydrogen-bond donors (Lipinski definition) is 2. The third-order valence-corrected chi connectivity index (χ3v) is 2.77. The van der Waals surface area contributed by atoms with Crippen LogP contribution in [-0.4, -0.2) is 23.6 Å². The molecule has 0 atom stereocenters. The van der Waals surface area contributed by atoms with Crippen molar-refractivity contribution in [2.24, 2.45) is 0 Å². The summed E-state index contributed by atoms with van der Waals surface area (Å²) in [6.07, 6.45) is 1.46. The summed E-state index contributed by atoms with van der Waals surface area (Å²) in [5, 5.41) is 11.2. The Kier molecular flexibility index (Phi) is 3.82. The molecule has 0 spiro atoms. The van der Waals surface area contributed by atoms with Crippen molar-refractivity contribution in [2.45, 2.75) is 25.7 Å². The van der Waals surface area contributed by atoms with E-state index in [0.717, 1.165) is 23.4 Å². The number of aliphatic carboxylic acids is 1. The van der Waals surface area contributed by atoms with Gasteiger partial charge in [0.1, 0.15) is 5.75 Å². The number of carbonyl (C=O) groups excluding carboxylic acids is 1. The van der Waals surface area contributed by atoms with Gasteiger partial charge in [-0.1, -0.05) is 0 Å². The largest absolute Gasteiger partial charge is 0.493 e. The van der Waals surface area contributed by atoms with Crippen LogP contribution >= 0.6 is 0 Å². The third kappa shape index (κ3) is 3.23. The minimum atomic E-state index is -0.877. The highest BCUT2D eigenvalue weighted by atomic mass is 16.5. The number of benzene rings is 1. The Morgan fingerprint density at radius 3 is 2.94 bits per heavy atom. The standard InChI is InChI=1S/C13H15NO4/c15-12(2-1-3-13(16)17)14-10-4-5-11-9(8-10)6-7-18-11/h4-5,8H,1-3,6-7H2,(H,14,15)(H,16,17). The van der Waals surface area contributed by atoms with E-state index in [-0.39, 0.29) is 18.7 Å². The SMILES string of the molecule is O=C(O)CCCC(=O)Nc1ccc2c(c1)CCO2. The van der Waals surface area contributed by atoms with Gasteiger partial charge in [0.25, 0.3) is 0 Å². The molecule has 0 aliphatic carbocycles. The number of carboxylic acids is 1. The molecule has 0 aromatic heterocycles. The molecule has 1 heterocycles. The van der Waals surface area contributed by atoms with Crippen LogP contribution in [0.15, 0.2) is 18.2 Å². The molecule has 0 radical (unpaired) electrons. The van der Waals surface area contributed by atoms with Gasteiger partial charge in [-0.15, -0.1) is 0 Å². The highest BCUT2D eigenvalue weighted by Crippen LogP contribution is 2.27. The summed E-state index contributed by atoms with van der Waals surface area (Å²) in [6, 6.07) is 5.53. The van der Waals surface area contributed by atoms with E-state index in [1.807, 2.05) is 12.1 Å². The number of carbonyl (C=O) groups is 2. The first-order valence-corrected chi connectivity index (χ1v) is 5.92. The van der Waals surface area contributed by atoms with Crippen LogP contribution in [0, 0.1) is 0 Å². The monoisotopic (exact) mass is 249 g/mol. The zero-order valence-corrected chi connectivity index (χ0v) is 9.94. The molecule has 1 aromatic carbocycles. The van der Waals surface area contributed by atoms with Crippen LogP contribution in [0.3, 0.4) is 0 Å². The van der Waals surface area contributed by atoms with Gasteiger partial charge in [-0.05, 0) is 30.2 Å². The van der Waals surface area contributed by atoms with Crippen molar-refractivity contribution in [1.29, 1.82) is 0 Å². The lowest BCUT2D eigenvalue weighted by Gasteiger charge is -2.06. The normalized spacial score (nSPS) is 12.7. The number of ether oxygens (including phenoxy) is 1. The lowest BCUT2D eigenvalue weighted by atomic mass is 10.1. The van der Waals surface area contributed by atoms with Crippen LogP contribution < -0.4 is 10.1 Å². The first-order valence-electron chi connectivity index (χ1n) is 5.92. The van der Waals surface area contributed by atoms with Crippen molar-refractivity contribution >= 4 is 17.6 Å². The Labute approximate surface area is 105 Å². The fourth-order valence-corrected chi connectivity index (χ4v) is 1.89. The number of anilines is 1. The molecule has 1 aromatic rings. The van der Waals surface area contributed by atoms with E-state index in [4.69, 9.17) is 9.84 Å². The van der Waals surface area contributed by atoms with Gasteiger partial charge in [0.05, 0.1) is 6.61 Å². The van der Waals surface area contributed by atoms with E-state index in [9.17, 15) is 9.59 Å². The van der Waals surface area contributed by atoms with Crippen LogP contribution in [0.25, 0.3) is 0 Å². The number of fused-ring (bicyclic) bond motifs is 1. The molecule has 0 bridgehead atoms. The summed E-state index contributed by atoms with van der Waals surface area (Å²) in [7, 11) is 0. The summed E-state index contributed by atoms with van der Waals surface area (Å²) >= 11 is 0. The van der Waals surface area contributed by atoms with Gasteiger partial charge in [0.2, 0.25) is 5.91 Å². The zero-order chi connectivity index (χ0) is 13.0. The molecule has 1 amide bonds. The van der Waals surface area contributed by atoms with Gasteiger partial charge in [0, 0.05) is 24.9 Å². The van der Waals surface area contributed by atoms with E-state index in [1.54, 1.807) is 6.07 Å². The second kappa shape index (κ2) is 5.53. The van der Waals surface area contributed by atoms with Gasteiger partial charge in [-0.2, -0.15) is 0 Å². The molecule has 1 aliphatic rings. The maximum absolute atomic E-state index is 11.6. The first kappa shape index (κ1) is 12.4. The summed E-state index contributed by atoms with van der Waals surface area (Å²) in [6.45, 7) is 0.686. The Balaban J connectivity index is 1.85. The second-order valence-electron chi connectivity index (χ2n) is 4.22. The molecule has 0 saturated carbocycles. The molecule has 2 rings (SSSR count). The fraction of sp³-hybridized carbons (Fsp3) is 0.385. The first-order chi connectivity index (χ1) is 8.65. The third-order valence-electron chi connectivity index (χ3n) is 2.77. The molecule has 1 aliphatic heterocycles. The molecule has 5 heteroatoms. The quantitative estimate of drug-likeness (QED) is 0.834. The Hall–Kier alpha value is -2.04. The summed E-state index contributed by atoms with van der Waals surface area (Å²) < 4.78 is 5.37. The smallest absolute Gasteiger partial charge is 0.303 e. The predicted octanol–water partition coefficient (Wildman–Crippen LogP) is 1.81. The van der Waals surface area contributed by atoms with Crippen molar-refractivity contribution in [3.63, 3.8) is 0 Å². The molecule has 0 saturated heterocycles. The van der Waals surface area contributed by atoms with E-state index in [2.05, 4.69) is 5.32 Å². The van der Waals surface area contributed by atoms with Crippen LogP contribution in [0.5, 0.6) is 5.75 Å². The summed E-state index contributed by atoms with van der Waals surface area (Å²) in [5.41, 5.74) is 1.83. The van der Waals surface area contributed by atoms with Crippen molar-refractivity contribution < 1.29 is 19.4 Å². The molecule has 5 nitrogen and oxygen atoms in total. The van der Waals surface area contributed by atoms with E-state index < -0.39 is 5.97 Å². The number of nitrogens with one attached hydrogen (secondary N) is 1. The molecular weight excluding hydrogens is 234 g/mol. The van der Waals surface area contributed by atoms with Crippen LogP contribution in [0.1, 0.15) is 24.8 Å². The molecule has 96 valence electrons. The zero-order valence-electron chi connectivity index (χ0n) is 9.94. The predicted molar refractivity (Wildman–Crippen MR) is 65.8 cm³/mol. The van der Waals surface area contributed by atoms with Crippen molar-refractivity contribution in [2.75, 3.05) is 11.9 Å². The van der Waals surface area contributed by atoms with E-state index >= 15 is 0 Å². The lowest BCUT2D eigenvalue weighted by molar-refractivity contribution is -0.137. The van der Waals surface area contributed by atoms with Gasteiger partial charge >= 0.3 is 5.97 Å². The molecule has 2 N–H and O–H groups in total. The van der Waals surface area contributed by atoms with Crippen LogP contribution in [-0.2, 0) is 16.0 Å². The average molecular weight is 249 g/mol. The topological polar surface area (TPSA) is 75.6 Å². The van der Waals surface area contributed by atoms with E-state index in [1.165, 1.54) is 0 Å². The number of amides is 1. The van der Waals surface area contributed by atoms with Crippen molar-refractivity contribution in [3.8, 4) is 5.75 Å². The second-order valence-corrected chi connectivity index (χ2v) is 4.22. The maximum Gasteiger partial charge on any atom is 0.303 e. The fourth-order valence-electron chi connectivity index (χ4n) is 1.89. The lowest BCUT2D eigenvalue weighted by Crippen LogP contribution is -2.11. The number of carboxylic acid groups (broad SMARTS) is 1. The molecular formula is C13H15NO4. The van der Waals surface area contributed by atoms with Crippen molar-refractivity contribution in [1.82, 2.24) is 0 Å². The number of hydrogen-bond acceptors (Lipinski definition) is 3. The molecule has 0 unspecified atom stereocenters. The van der Waals surface area contributed by atoms with Gasteiger partial charge < -0.3 is 15.2 Å². The van der Waals surface area contributed by atoms with Crippen molar-refractivity contribution in [3.05, 3.63) is 23.8 Å². The Morgan fingerprint density at radius 1 is 1.33 bits per heavy atom. The summed E-state index contributed by atoms with van der Waals surface area (Å²) in [4.78, 5) is 21.9. The maximum atomic E-state index is 11.6. The minimum absolute atomic E-state index is 0.0193. The molecule has 0 fully saturated rings. The molecule has 18 heavy (non-hydrogen) atoms. The average Bonchev–Trinajstić information content (AvgIpc) is 2.75. The van der Waals surface area contributed by atoms with Crippen LogP contribution in [0.4, 0.5) is 5.69 Å². The summed E-state index contributed by atoms with van der Waals surface area (Å²) in [5.74, 6) is -0.161. The Morgan fingerprint density at radius 2 is 2.17 bits per heavy atom. The van der Waals surface area contributed by atoms with Gasteiger partial charge in [-0.25, -0.2) is 0 Å². The van der Waals surface area contributed by atoms with Gasteiger partial charge in [-0.3, -0.25) is 9.59 Å². The van der Waals surface area contributed by atoms with Gasteiger partial charge in [0.15, 0.2) is 0 Å². The highest BCUT2D eigenvalue weighted by Gasteiger charge is 2.12.